The Labute approximate surface area is 196 Å². The number of halogens is 3. The number of piperazine rings is 1. The SMILES string of the molecule is CCS(=O)(=O)N[C@H]1CC[C@H](CN2CCN(c3ncnc4sc(CC(F)(F)F)cc34)CC2)CC1. The first-order valence-corrected chi connectivity index (χ1v) is 13.9. The Bertz CT molecular complexity index is 1040. The Morgan fingerprint density at radius 3 is 2.45 bits per heavy atom. The van der Waals surface area contributed by atoms with Gasteiger partial charge in [-0.1, -0.05) is 0 Å². The highest BCUT2D eigenvalue weighted by molar-refractivity contribution is 7.89. The molecule has 0 spiro atoms. The van der Waals surface area contributed by atoms with Crippen molar-refractivity contribution in [1.82, 2.24) is 19.6 Å². The molecule has 0 unspecified atom stereocenters. The van der Waals surface area contributed by atoms with Crippen LogP contribution in [0.5, 0.6) is 0 Å². The second kappa shape index (κ2) is 10.0. The topological polar surface area (TPSA) is 78.4 Å². The van der Waals surface area contributed by atoms with Gasteiger partial charge in [-0.05, 0) is 44.6 Å². The molecule has 0 bridgehead atoms. The van der Waals surface area contributed by atoms with Crippen LogP contribution in [0.25, 0.3) is 10.2 Å². The van der Waals surface area contributed by atoms with Crippen molar-refractivity contribution < 1.29 is 21.6 Å². The zero-order chi connectivity index (χ0) is 23.6. The lowest BCUT2D eigenvalue weighted by Gasteiger charge is -2.38. The largest absolute Gasteiger partial charge is 0.393 e. The number of hydrogen-bond acceptors (Lipinski definition) is 7. The van der Waals surface area contributed by atoms with Crippen molar-refractivity contribution in [1.29, 1.82) is 0 Å². The Balaban J connectivity index is 1.29. The second-order valence-electron chi connectivity index (χ2n) is 8.95. The number of thiophene rings is 1. The van der Waals surface area contributed by atoms with Crippen LogP contribution < -0.4 is 9.62 Å². The second-order valence-corrected chi connectivity index (χ2v) is 12.1. The van der Waals surface area contributed by atoms with Gasteiger partial charge in [0.1, 0.15) is 17.0 Å². The number of alkyl halides is 3. The van der Waals surface area contributed by atoms with E-state index in [4.69, 9.17) is 0 Å². The van der Waals surface area contributed by atoms with E-state index in [0.717, 1.165) is 69.7 Å². The fourth-order valence-electron chi connectivity index (χ4n) is 4.74. The van der Waals surface area contributed by atoms with E-state index in [1.807, 2.05) is 0 Å². The summed E-state index contributed by atoms with van der Waals surface area (Å²) in [7, 11) is -3.15. The molecule has 1 saturated carbocycles. The van der Waals surface area contributed by atoms with Gasteiger partial charge in [0.2, 0.25) is 10.0 Å². The number of aromatic nitrogens is 2. The van der Waals surface area contributed by atoms with E-state index in [9.17, 15) is 21.6 Å². The Hall–Kier alpha value is -1.50. The van der Waals surface area contributed by atoms with Crippen LogP contribution in [0.4, 0.5) is 19.0 Å². The first kappa shape index (κ1) is 24.6. The Kier molecular flexibility index (Phi) is 7.47. The van der Waals surface area contributed by atoms with Crippen LogP contribution in [-0.4, -0.2) is 74.0 Å². The van der Waals surface area contributed by atoms with Crippen molar-refractivity contribution in [2.45, 2.75) is 51.2 Å². The van der Waals surface area contributed by atoms with Crippen LogP contribution in [0.2, 0.25) is 0 Å². The molecule has 33 heavy (non-hydrogen) atoms. The molecular formula is C21H30F3N5O2S2. The summed E-state index contributed by atoms with van der Waals surface area (Å²) in [5.41, 5.74) is 0. The summed E-state index contributed by atoms with van der Waals surface area (Å²) in [6.07, 6.45) is 0.0372. The molecule has 1 aliphatic heterocycles. The van der Waals surface area contributed by atoms with Crippen molar-refractivity contribution in [3.63, 3.8) is 0 Å². The molecule has 2 aromatic heterocycles. The van der Waals surface area contributed by atoms with E-state index in [1.54, 1.807) is 13.0 Å². The van der Waals surface area contributed by atoms with Gasteiger partial charge >= 0.3 is 6.18 Å². The van der Waals surface area contributed by atoms with Crippen LogP contribution >= 0.6 is 11.3 Å². The van der Waals surface area contributed by atoms with Crippen molar-refractivity contribution in [2.24, 2.45) is 5.92 Å². The average Bonchev–Trinajstić information content (AvgIpc) is 3.16. The number of nitrogens with one attached hydrogen (secondary N) is 1. The first-order valence-electron chi connectivity index (χ1n) is 11.4. The van der Waals surface area contributed by atoms with Crippen molar-refractivity contribution >= 4 is 37.4 Å². The van der Waals surface area contributed by atoms with Gasteiger partial charge < -0.3 is 4.90 Å². The fraction of sp³-hybridized carbons (Fsp3) is 0.714. The molecule has 184 valence electrons. The zero-order valence-electron chi connectivity index (χ0n) is 18.6. The molecule has 7 nitrogen and oxygen atoms in total. The molecule has 2 fully saturated rings. The highest BCUT2D eigenvalue weighted by Gasteiger charge is 2.30. The van der Waals surface area contributed by atoms with Gasteiger partial charge in [0, 0.05) is 43.6 Å². The van der Waals surface area contributed by atoms with Gasteiger partial charge in [-0.2, -0.15) is 13.2 Å². The quantitative estimate of drug-likeness (QED) is 0.622. The lowest BCUT2D eigenvalue weighted by molar-refractivity contribution is -0.126. The number of hydrogen-bond donors (Lipinski definition) is 1. The number of fused-ring (bicyclic) bond motifs is 1. The summed E-state index contributed by atoms with van der Waals surface area (Å²) in [6, 6.07) is 1.64. The summed E-state index contributed by atoms with van der Waals surface area (Å²) in [5, 5.41) is 0.697. The summed E-state index contributed by atoms with van der Waals surface area (Å²) in [4.78, 5) is 14.0. The maximum atomic E-state index is 12.8. The molecule has 1 saturated heterocycles. The van der Waals surface area contributed by atoms with Gasteiger partial charge in [0.15, 0.2) is 0 Å². The predicted octanol–water partition coefficient (Wildman–Crippen LogP) is 3.42. The van der Waals surface area contributed by atoms with Crippen LogP contribution in [0.3, 0.4) is 0 Å². The molecule has 0 atom stereocenters. The van der Waals surface area contributed by atoms with Crippen molar-refractivity contribution in [2.75, 3.05) is 43.4 Å². The molecule has 2 aliphatic rings. The van der Waals surface area contributed by atoms with Gasteiger partial charge in [-0.15, -0.1) is 11.3 Å². The third-order valence-corrected chi connectivity index (χ3v) is 8.99. The third kappa shape index (κ3) is 6.55. The standard InChI is InChI=1S/C21H30F3N5O2S2/c1-2-33(30,31)27-16-5-3-15(4-6-16)13-28-7-9-29(10-8-28)19-18-11-17(12-21(22,23)24)32-20(18)26-14-25-19/h11,14-16,27H,2-10,12-13H2,1H3/t15-,16-. The molecule has 0 radical (unpaired) electrons. The average molecular weight is 506 g/mol. The van der Waals surface area contributed by atoms with Crippen LogP contribution in [-0.2, 0) is 16.4 Å². The minimum atomic E-state index is -4.24. The summed E-state index contributed by atoms with van der Waals surface area (Å²) < 4.78 is 64.7. The lowest BCUT2D eigenvalue weighted by Crippen LogP contribution is -2.48. The monoisotopic (exact) mass is 505 g/mol. The van der Waals surface area contributed by atoms with E-state index in [-0.39, 0.29) is 16.7 Å². The highest BCUT2D eigenvalue weighted by atomic mass is 32.2. The van der Waals surface area contributed by atoms with E-state index in [0.29, 0.717) is 22.0 Å². The van der Waals surface area contributed by atoms with E-state index in [2.05, 4.69) is 24.5 Å². The molecule has 0 amide bonds. The first-order chi connectivity index (χ1) is 15.6. The fourth-order valence-corrected chi connectivity index (χ4v) is 6.67. The minimum absolute atomic E-state index is 0.0519. The maximum Gasteiger partial charge on any atom is 0.393 e. The number of anilines is 1. The van der Waals surface area contributed by atoms with Gasteiger partial charge in [0.05, 0.1) is 17.6 Å². The summed E-state index contributed by atoms with van der Waals surface area (Å²) in [5.74, 6) is 1.39. The molecular weight excluding hydrogens is 475 g/mol. The normalized spacial score (nSPS) is 23.3. The molecule has 12 heteroatoms. The number of nitrogens with zero attached hydrogens (tertiary/aromatic N) is 4. The van der Waals surface area contributed by atoms with Gasteiger partial charge in [-0.25, -0.2) is 23.1 Å². The molecule has 0 aromatic carbocycles. The lowest BCUT2D eigenvalue weighted by atomic mass is 9.86. The minimum Gasteiger partial charge on any atom is -0.353 e. The Morgan fingerprint density at radius 1 is 1.12 bits per heavy atom. The zero-order valence-corrected chi connectivity index (χ0v) is 20.3. The number of rotatable bonds is 7. The smallest absolute Gasteiger partial charge is 0.353 e. The van der Waals surface area contributed by atoms with Crippen LogP contribution in [0.15, 0.2) is 12.4 Å². The van der Waals surface area contributed by atoms with Gasteiger partial charge in [-0.3, -0.25) is 4.90 Å². The van der Waals surface area contributed by atoms with Gasteiger partial charge in [0.25, 0.3) is 0 Å². The predicted molar refractivity (Wildman–Crippen MR) is 124 cm³/mol. The van der Waals surface area contributed by atoms with Crippen molar-refractivity contribution in [3.05, 3.63) is 17.3 Å². The highest BCUT2D eigenvalue weighted by Crippen LogP contribution is 2.34. The maximum absolute atomic E-state index is 12.8. The van der Waals surface area contributed by atoms with Crippen LogP contribution in [0, 0.1) is 5.92 Å². The Morgan fingerprint density at radius 2 is 1.82 bits per heavy atom. The summed E-state index contributed by atoms with van der Waals surface area (Å²) >= 11 is 1.08. The summed E-state index contributed by atoms with van der Waals surface area (Å²) in [6.45, 7) is 5.92. The molecule has 4 rings (SSSR count). The number of sulfonamides is 1. The third-order valence-electron chi connectivity index (χ3n) is 6.50. The van der Waals surface area contributed by atoms with E-state index >= 15 is 0 Å². The van der Waals surface area contributed by atoms with E-state index in [1.165, 1.54) is 6.33 Å². The molecule has 3 heterocycles. The molecule has 1 N–H and O–H groups in total. The van der Waals surface area contributed by atoms with Crippen LogP contribution in [0.1, 0.15) is 37.5 Å². The molecule has 1 aliphatic carbocycles. The van der Waals surface area contributed by atoms with Crippen molar-refractivity contribution in [3.8, 4) is 0 Å². The van der Waals surface area contributed by atoms with E-state index < -0.39 is 22.6 Å². The molecule has 2 aromatic rings.